The maximum absolute atomic E-state index is 13.5. The highest BCUT2D eigenvalue weighted by atomic mass is 35.5. The number of benzene rings is 3. The fraction of sp³-hybridized carbons (Fsp3) is 0.308. The Morgan fingerprint density at radius 3 is 2.35 bits per heavy atom. The van der Waals surface area contributed by atoms with Crippen molar-refractivity contribution in [3.05, 3.63) is 59.1 Å². The third kappa shape index (κ3) is 4.61. The fourth-order valence-electron chi connectivity index (χ4n) is 4.37. The van der Waals surface area contributed by atoms with E-state index in [1.165, 1.54) is 14.2 Å². The molecule has 0 aliphatic carbocycles. The molecule has 1 fully saturated rings. The Bertz CT molecular complexity index is 1230. The van der Waals surface area contributed by atoms with Crippen molar-refractivity contribution in [1.82, 2.24) is 4.90 Å². The Morgan fingerprint density at radius 2 is 1.65 bits per heavy atom. The summed E-state index contributed by atoms with van der Waals surface area (Å²) in [5.74, 6) is 0.988. The molecule has 1 saturated heterocycles. The molecular formula is C26H27ClN2O5. The van der Waals surface area contributed by atoms with Gasteiger partial charge in [0.1, 0.15) is 17.2 Å². The van der Waals surface area contributed by atoms with Crippen LogP contribution in [0.4, 0.5) is 5.69 Å². The third-order valence-electron chi connectivity index (χ3n) is 6.15. The van der Waals surface area contributed by atoms with Crippen LogP contribution in [0.5, 0.6) is 17.2 Å². The predicted octanol–water partition coefficient (Wildman–Crippen LogP) is 5.01. The second-order valence-electron chi connectivity index (χ2n) is 8.13. The van der Waals surface area contributed by atoms with E-state index in [-0.39, 0.29) is 17.7 Å². The number of amides is 2. The molecule has 178 valence electrons. The van der Waals surface area contributed by atoms with Crippen LogP contribution in [0, 0.1) is 5.92 Å². The first-order valence-electron chi connectivity index (χ1n) is 11.0. The Kier molecular flexibility index (Phi) is 7.12. The molecule has 8 heteroatoms. The minimum Gasteiger partial charge on any atom is -0.496 e. The molecule has 1 N–H and O–H groups in total. The number of fused-ring (bicyclic) bond motifs is 1. The van der Waals surface area contributed by atoms with E-state index in [4.69, 9.17) is 25.8 Å². The van der Waals surface area contributed by atoms with Gasteiger partial charge in [-0.2, -0.15) is 0 Å². The van der Waals surface area contributed by atoms with E-state index in [1.54, 1.807) is 30.2 Å². The van der Waals surface area contributed by atoms with E-state index < -0.39 is 0 Å². The number of hydrogen-bond donors (Lipinski definition) is 1. The number of carbonyl (C=O) groups is 2. The molecule has 2 amide bonds. The molecule has 0 saturated carbocycles. The van der Waals surface area contributed by atoms with Gasteiger partial charge < -0.3 is 24.4 Å². The molecule has 3 aromatic carbocycles. The van der Waals surface area contributed by atoms with Gasteiger partial charge >= 0.3 is 0 Å². The van der Waals surface area contributed by atoms with Crippen LogP contribution in [0.3, 0.4) is 0 Å². The summed E-state index contributed by atoms with van der Waals surface area (Å²) in [7, 11) is 4.64. The van der Waals surface area contributed by atoms with Crippen molar-refractivity contribution < 1.29 is 23.8 Å². The van der Waals surface area contributed by atoms with Crippen molar-refractivity contribution in [3.8, 4) is 17.2 Å². The Labute approximate surface area is 203 Å². The summed E-state index contributed by atoms with van der Waals surface area (Å²) >= 11 is 6.24. The monoisotopic (exact) mass is 482 g/mol. The lowest BCUT2D eigenvalue weighted by Crippen LogP contribution is -2.43. The summed E-state index contributed by atoms with van der Waals surface area (Å²) < 4.78 is 16.0. The van der Waals surface area contributed by atoms with E-state index in [1.807, 2.05) is 30.3 Å². The first-order chi connectivity index (χ1) is 16.5. The quantitative estimate of drug-likeness (QED) is 0.534. The van der Waals surface area contributed by atoms with Gasteiger partial charge in [0.25, 0.3) is 5.91 Å². The van der Waals surface area contributed by atoms with Gasteiger partial charge in [-0.05, 0) is 36.4 Å². The number of methoxy groups -OCH3 is 3. The minimum absolute atomic E-state index is 0.0959. The average Bonchev–Trinajstić information content (AvgIpc) is 2.87. The predicted molar refractivity (Wildman–Crippen MR) is 132 cm³/mol. The summed E-state index contributed by atoms with van der Waals surface area (Å²) in [6.45, 7) is 0.928. The van der Waals surface area contributed by atoms with Crippen LogP contribution in [-0.2, 0) is 4.79 Å². The molecule has 1 aliphatic rings. The van der Waals surface area contributed by atoms with Crippen LogP contribution < -0.4 is 19.5 Å². The van der Waals surface area contributed by atoms with Crippen LogP contribution in [0.25, 0.3) is 10.8 Å². The lowest BCUT2D eigenvalue weighted by Gasteiger charge is -2.32. The highest BCUT2D eigenvalue weighted by Crippen LogP contribution is 2.36. The van der Waals surface area contributed by atoms with Crippen LogP contribution >= 0.6 is 11.6 Å². The highest BCUT2D eigenvalue weighted by molar-refractivity contribution is 6.32. The van der Waals surface area contributed by atoms with Gasteiger partial charge in [-0.1, -0.05) is 35.9 Å². The molecule has 0 radical (unpaired) electrons. The molecule has 1 atom stereocenters. The van der Waals surface area contributed by atoms with Gasteiger partial charge in [0.2, 0.25) is 5.91 Å². The molecule has 0 spiro atoms. The van der Waals surface area contributed by atoms with Crippen molar-refractivity contribution in [2.45, 2.75) is 12.8 Å². The SMILES string of the molecule is COc1cc(OC)c(NC(=O)[C@H]2CCCN(C(=O)c3ccc(OC)c4ccccc34)C2)cc1Cl. The number of anilines is 1. The molecule has 0 bridgehead atoms. The topological polar surface area (TPSA) is 77.1 Å². The van der Waals surface area contributed by atoms with Crippen molar-refractivity contribution in [1.29, 1.82) is 0 Å². The van der Waals surface area contributed by atoms with Crippen LogP contribution in [0.1, 0.15) is 23.2 Å². The average molecular weight is 483 g/mol. The summed E-state index contributed by atoms with van der Waals surface area (Å²) in [6, 6.07) is 14.5. The van der Waals surface area contributed by atoms with Crippen LogP contribution in [-0.4, -0.2) is 51.1 Å². The first-order valence-corrected chi connectivity index (χ1v) is 11.4. The number of nitrogens with one attached hydrogen (secondary N) is 1. The number of likely N-dealkylation sites (tertiary alicyclic amines) is 1. The zero-order valence-electron chi connectivity index (χ0n) is 19.4. The summed E-state index contributed by atoms with van der Waals surface area (Å²) in [5, 5.41) is 4.98. The zero-order valence-corrected chi connectivity index (χ0v) is 20.1. The summed E-state index contributed by atoms with van der Waals surface area (Å²) in [5.41, 5.74) is 1.06. The summed E-state index contributed by atoms with van der Waals surface area (Å²) in [6.07, 6.45) is 1.42. The third-order valence-corrected chi connectivity index (χ3v) is 6.44. The molecule has 7 nitrogen and oxygen atoms in total. The minimum atomic E-state index is -0.354. The number of carbonyl (C=O) groups excluding carboxylic acids is 2. The summed E-state index contributed by atoms with van der Waals surface area (Å²) in [4.78, 5) is 28.3. The molecular weight excluding hydrogens is 456 g/mol. The van der Waals surface area contributed by atoms with Crippen molar-refractivity contribution in [2.24, 2.45) is 5.92 Å². The van der Waals surface area contributed by atoms with Crippen LogP contribution in [0.15, 0.2) is 48.5 Å². The second kappa shape index (κ2) is 10.2. The Hall–Kier alpha value is -3.45. The maximum atomic E-state index is 13.5. The van der Waals surface area contributed by atoms with Crippen molar-refractivity contribution in [3.63, 3.8) is 0 Å². The van der Waals surface area contributed by atoms with Gasteiger partial charge in [-0.15, -0.1) is 0 Å². The fourth-order valence-corrected chi connectivity index (χ4v) is 4.62. The molecule has 4 rings (SSSR count). The first kappa shape index (κ1) is 23.7. The Morgan fingerprint density at radius 1 is 0.941 bits per heavy atom. The Balaban J connectivity index is 1.53. The van der Waals surface area contributed by atoms with Gasteiger partial charge in [0.15, 0.2) is 0 Å². The second-order valence-corrected chi connectivity index (χ2v) is 8.53. The number of ether oxygens (including phenoxy) is 3. The lowest BCUT2D eigenvalue weighted by atomic mass is 9.95. The van der Waals surface area contributed by atoms with Crippen LogP contribution in [0.2, 0.25) is 5.02 Å². The molecule has 0 unspecified atom stereocenters. The van der Waals surface area contributed by atoms with Crippen molar-refractivity contribution in [2.75, 3.05) is 39.7 Å². The largest absolute Gasteiger partial charge is 0.496 e. The molecule has 1 aliphatic heterocycles. The smallest absolute Gasteiger partial charge is 0.254 e. The van der Waals surface area contributed by atoms with Gasteiger partial charge in [-0.25, -0.2) is 0 Å². The number of nitrogens with zero attached hydrogens (tertiary/aromatic N) is 1. The lowest BCUT2D eigenvalue weighted by molar-refractivity contribution is -0.121. The van der Waals surface area contributed by atoms with E-state index in [0.717, 1.165) is 22.9 Å². The van der Waals surface area contributed by atoms with Crippen molar-refractivity contribution >= 4 is 39.9 Å². The van der Waals surface area contributed by atoms with E-state index >= 15 is 0 Å². The highest BCUT2D eigenvalue weighted by Gasteiger charge is 2.30. The van der Waals surface area contributed by atoms with E-state index in [0.29, 0.717) is 47.3 Å². The maximum Gasteiger partial charge on any atom is 0.254 e. The standard InChI is InChI=1S/C26H27ClN2O5/c1-32-22-11-10-19(17-8-4-5-9-18(17)22)26(31)29-12-6-7-16(15-29)25(30)28-21-13-20(27)23(33-2)14-24(21)34-3/h4-5,8-11,13-14,16H,6-7,12,15H2,1-3H3,(H,28,30)/t16-/m0/s1. The molecule has 34 heavy (non-hydrogen) atoms. The zero-order chi connectivity index (χ0) is 24.2. The van der Waals surface area contributed by atoms with E-state index in [9.17, 15) is 9.59 Å². The number of hydrogen-bond acceptors (Lipinski definition) is 5. The molecule has 3 aromatic rings. The number of piperidine rings is 1. The van der Waals surface area contributed by atoms with Gasteiger partial charge in [-0.3, -0.25) is 9.59 Å². The molecule has 0 aromatic heterocycles. The number of rotatable bonds is 6. The van der Waals surface area contributed by atoms with E-state index in [2.05, 4.69) is 5.32 Å². The van der Waals surface area contributed by atoms with Gasteiger partial charge in [0.05, 0.1) is 38.0 Å². The normalized spacial score (nSPS) is 15.6. The molecule has 1 heterocycles. The van der Waals surface area contributed by atoms with Gasteiger partial charge in [0, 0.05) is 30.1 Å². The number of halogens is 1.